The third kappa shape index (κ3) is 4.78. The Morgan fingerprint density at radius 2 is 1.67 bits per heavy atom. The van der Waals surface area contributed by atoms with Crippen LogP contribution in [0.25, 0.3) is 0 Å². The van der Waals surface area contributed by atoms with Gasteiger partial charge in [0.15, 0.2) is 0 Å². The maximum absolute atomic E-state index is 12.0. The molecule has 3 nitrogen and oxygen atoms in total. The molecule has 100 valence electrons. The highest BCUT2D eigenvalue weighted by Crippen LogP contribution is 2.21. The van der Waals surface area contributed by atoms with E-state index in [9.17, 15) is 18.0 Å². The lowest BCUT2D eigenvalue weighted by Gasteiger charge is -2.19. The van der Waals surface area contributed by atoms with Crippen LogP contribution in [0.1, 0.15) is 0 Å². The first-order valence-corrected chi connectivity index (χ1v) is 8.66. The molecule has 0 bridgehead atoms. The van der Waals surface area contributed by atoms with Crippen LogP contribution in [0.3, 0.4) is 0 Å². The zero-order chi connectivity index (χ0) is 14.0. The number of benzene rings is 1. The van der Waals surface area contributed by atoms with Crippen LogP contribution in [-0.4, -0.2) is 20.4 Å². The predicted octanol–water partition coefficient (Wildman–Crippen LogP) is 3.40. The summed E-state index contributed by atoms with van der Waals surface area (Å²) in [6.45, 7) is 5.98. The Hall–Kier alpha value is -1.50. The molecule has 0 saturated carbocycles. The molecule has 0 spiro atoms. The molecule has 0 aliphatic carbocycles. The molecule has 0 aromatic heterocycles. The first kappa shape index (κ1) is 14.6. The number of anilines is 1. The summed E-state index contributed by atoms with van der Waals surface area (Å²) in [4.78, 5) is 10.7. The minimum Gasteiger partial charge on any atom is -0.544 e. The Balaban J connectivity index is 2.70. The van der Waals surface area contributed by atoms with Gasteiger partial charge in [-0.1, -0.05) is 0 Å². The van der Waals surface area contributed by atoms with Crippen molar-refractivity contribution >= 4 is 19.9 Å². The second-order valence-corrected chi connectivity index (χ2v) is 9.12. The number of nitrogens with one attached hydrogen (secondary N) is 1. The van der Waals surface area contributed by atoms with E-state index in [1.54, 1.807) is 5.32 Å². The summed E-state index contributed by atoms with van der Waals surface area (Å²) in [5.74, 6) is -1.40. The van der Waals surface area contributed by atoms with Crippen molar-refractivity contribution in [2.45, 2.75) is 25.8 Å². The van der Waals surface area contributed by atoms with E-state index in [1.165, 1.54) is 24.3 Å². The maximum Gasteiger partial charge on any atom is 0.471 e. The summed E-state index contributed by atoms with van der Waals surface area (Å²) < 4.78 is 41.6. The van der Waals surface area contributed by atoms with Crippen LogP contribution in [0.5, 0.6) is 5.75 Å². The van der Waals surface area contributed by atoms with Crippen molar-refractivity contribution in [3.63, 3.8) is 0 Å². The first-order valence-electron chi connectivity index (χ1n) is 5.25. The van der Waals surface area contributed by atoms with Crippen molar-refractivity contribution in [2.75, 3.05) is 5.32 Å². The summed E-state index contributed by atoms with van der Waals surface area (Å²) >= 11 is 0. The minimum absolute atomic E-state index is 0.0836. The van der Waals surface area contributed by atoms with Gasteiger partial charge in [-0.3, -0.25) is 4.79 Å². The van der Waals surface area contributed by atoms with Gasteiger partial charge in [0.05, 0.1) is 0 Å². The number of carbonyl (C=O) groups excluding carboxylic acids is 1. The minimum atomic E-state index is -4.88. The summed E-state index contributed by atoms with van der Waals surface area (Å²) in [7, 11) is -1.74. The number of amides is 1. The fourth-order valence-electron chi connectivity index (χ4n) is 1.16. The molecule has 0 heterocycles. The van der Waals surface area contributed by atoms with E-state index in [0.29, 0.717) is 5.75 Å². The number of hydrogen-bond donors (Lipinski definition) is 1. The van der Waals surface area contributed by atoms with Crippen LogP contribution in [-0.2, 0) is 4.79 Å². The number of hydrogen-bond acceptors (Lipinski definition) is 2. The van der Waals surface area contributed by atoms with Gasteiger partial charge in [0.2, 0.25) is 8.32 Å². The van der Waals surface area contributed by atoms with Gasteiger partial charge in [0.25, 0.3) is 0 Å². The lowest BCUT2D eigenvalue weighted by Crippen LogP contribution is -2.30. The Morgan fingerprint density at radius 3 is 2.06 bits per heavy atom. The van der Waals surface area contributed by atoms with Gasteiger partial charge >= 0.3 is 12.1 Å². The van der Waals surface area contributed by atoms with Gasteiger partial charge in [-0.25, -0.2) is 0 Å². The second kappa shape index (κ2) is 5.01. The quantitative estimate of drug-likeness (QED) is 0.860. The van der Waals surface area contributed by atoms with Gasteiger partial charge in [-0.2, -0.15) is 13.2 Å². The van der Waals surface area contributed by atoms with E-state index >= 15 is 0 Å². The molecule has 0 unspecified atom stereocenters. The molecule has 0 aliphatic heterocycles. The van der Waals surface area contributed by atoms with E-state index in [2.05, 4.69) is 0 Å². The van der Waals surface area contributed by atoms with Crippen molar-refractivity contribution in [1.82, 2.24) is 0 Å². The fraction of sp³-hybridized carbons (Fsp3) is 0.364. The highest BCUT2D eigenvalue weighted by molar-refractivity contribution is 6.70. The Kier molecular flexibility index (Phi) is 4.05. The summed E-state index contributed by atoms with van der Waals surface area (Å²) in [6, 6.07) is 5.81. The zero-order valence-corrected chi connectivity index (χ0v) is 11.3. The molecule has 0 radical (unpaired) electrons. The average Bonchev–Trinajstić information content (AvgIpc) is 2.17. The van der Waals surface area contributed by atoms with Crippen molar-refractivity contribution in [1.29, 1.82) is 0 Å². The van der Waals surface area contributed by atoms with Gasteiger partial charge in [-0.15, -0.1) is 0 Å². The molecular formula is C11H14F3NO2Si. The van der Waals surface area contributed by atoms with E-state index in [-0.39, 0.29) is 5.69 Å². The highest BCUT2D eigenvalue weighted by atomic mass is 28.4. The largest absolute Gasteiger partial charge is 0.544 e. The molecule has 7 heteroatoms. The van der Waals surface area contributed by atoms with Gasteiger partial charge < -0.3 is 9.74 Å². The predicted molar refractivity (Wildman–Crippen MR) is 65.1 cm³/mol. The van der Waals surface area contributed by atoms with E-state index in [0.717, 1.165) is 0 Å². The second-order valence-electron chi connectivity index (χ2n) is 4.69. The number of rotatable bonds is 3. The Morgan fingerprint density at radius 1 is 1.17 bits per heavy atom. The third-order valence-electron chi connectivity index (χ3n) is 1.79. The van der Waals surface area contributed by atoms with Crippen molar-refractivity contribution in [3.8, 4) is 5.75 Å². The van der Waals surface area contributed by atoms with Crippen LogP contribution in [0.2, 0.25) is 19.6 Å². The average molecular weight is 277 g/mol. The lowest BCUT2D eigenvalue weighted by molar-refractivity contribution is -0.167. The van der Waals surface area contributed by atoms with Crippen LogP contribution < -0.4 is 9.74 Å². The number of carbonyl (C=O) groups is 1. The maximum atomic E-state index is 12.0. The molecule has 0 atom stereocenters. The first-order chi connectivity index (χ1) is 8.08. The molecule has 0 saturated heterocycles. The normalized spacial score (nSPS) is 12.1. The highest BCUT2D eigenvalue weighted by Gasteiger charge is 2.38. The Labute approximate surface area is 104 Å². The van der Waals surface area contributed by atoms with Gasteiger partial charge in [0.1, 0.15) is 5.75 Å². The van der Waals surface area contributed by atoms with Crippen LogP contribution in [0.15, 0.2) is 24.3 Å². The molecule has 1 aromatic rings. The van der Waals surface area contributed by atoms with Crippen molar-refractivity contribution in [2.24, 2.45) is 0 Å². The molecule has 1 amide bonds. The molecule has 18 heavy (non-hydrogen) atoms. The smallest absolute Gasteiger partial charge is 0.471 e. The lowest BCUT2D eigenvalue weighted by atomic mass is 10.3. The molecule has 0 aliphatic rings. The third-order valence-corrected chi connectivity index (χ3v) is 2.64. The van der Waals surface area contributed by atoms with Crippen molar-refractivity contribution in [3.05, 3.63) is 24.3 Å². The molecular weight excluding hydrogens is 263 g/mol. The van der Waals surface area contributed by atoms with Gasteiger partial charge in [0, 0.05) is 5.69 Å². The van der Waals surface area contributed by atoms with Crippen LogP contribution >= 0.6 is 0 Å². The van der Waals surface area contributed by atoms with E-state index in [4.69, 9.17) is 4.43 Å². The molecule has 1 rings (SSSR count). The monoisotopic (exact) mass is 277 g/mol. The van der Waals surface area contributed by atoms with Gasteiger partial charge in [-0.05, 0) is 43.9 Å². The number of halogens is 3. The zero-order valence-electron chi connectivity index (χ0n) is 10.3. The summed E-state index contributed by atoms with van der Waals surface area (Å²) in [6.07, 6.45) is -4.88. The molecule has 1 aromatic carbocycles. The van der Waals surface area contributed by atoms with E-state index < -0.39 is 20.4 Å². The summed E-state index contributed by atoms with van der Waals surface area (Å²) in [5, 5.41) is 1.76. The standard InChI is InChI=1S/C11H14F3NO2Si/c1-18(2,3)17-9-6-4-8(5-7-9)15-10(16)11(12,13)14/h4-7H,1-3H3,(H,15,16). The summed E-state index contributed by atoms with van der Waals surface area (Å²) in [5.41, 5.74) is 0.0836. The van der Waals surface area contributed by atoms with Crippen molar-refractivity contribution < 1.29 is 22.4 Å². The van der Waals surface area contributed by atoms with Crippen LogP contribution in [0, 0.1) is 0 Å². The molecule has 1 N–H and O–H groups in total. The fourth-order valence-corrected chi connectivity index (χ4v) is 2.01. The molecule has 0 fully saturated rings. The number of alkyl halides is 3. The van der Waals surface area contributed by atoms with Crippen LogP contribution in [0.4, 0.5) is 18.9 Å². The topological polar surface area (TPSA) is 38.3 Å². The Bertz CT molecular complexity index is 423. The van der Waals surface area contributed by atoms with E-state index in [1.807, 2.05) is 19.6 Å². The SMILES string of the molecule is C[Si](C)(C)Oc1ccc(NC(=O)C(F)(F)F)cc1.